The van der Waals surface area contributed by atoms with E-state index in [9.17, 15) is 0 Å². The molecule has 0 bridgehead atoms. The van der Waals surface area contributed by atoms with Gasteiger partial charge in [-0.2, -0.15) is 10.2 Å². The molecule has 2 N–H and O–H groups in total. The summed E-state index contributed by atoms with van der Waals surface area (Å²) < 4.78 is 10.7. The molecular formula is C12H9N3O2. The topological polar surface area (TPSA) is 85.1 Å². The van der Waals surface area contributed by atoms with Crippen molar-refractivity contribution < 1.29 is 9.15 Å². The SMILES string of the molecule is N#Cc1nc(-c2ccc3c(c2)CCO3)oc1N. The van der Waals surface area contributed by atoms with E-state index in [1.165, 1.54) is 0 Å². The fourth-order valence-corrected chi connectivity index (χ4v) is 1.86. The Bertz CT molecular complexity index is 625. The van der Waals surface area contributed by atoms with Crippen molar-refractivity contribution >= 4 is 5.88 Å². The maximum Gasteiger partial charge on any atom is 0.230 e. The first-order chi connectivity index (χ1) is 8.28. The van der Waals surface area contributed by atoms with Crippen molar-refractivity contribution in [1.29, 1.82) is 5.26 Å². The van der Waals surface area contributed by atoms with E-state index in [0.717, 1.165) is 23.3 Å². The molecule has 0 saturated carbocycles. The zero-order chi connectivity index (χ0) is 11.8. The van der Waals surface area contributed by atoms with Crippen LogP contribution in [0.2, 0.25) is 0 Å². The van der Waals surface area contributed by atoms with Crippen molar-refractivity contribution in [3.63, 3.8) is 0 Å². The van der Waals surface area contributed by atoms with Gasteiger partial charge in [0, 0.05) is 12.0 Å². The Hall–Kier alpha value is -2.48. The summed E-state index contributed by atoms with van der Waals surface area (Å²) in [6.07, 6.45) is 0.879. The van der Waals surface area contributed by atoms with Crippen molar-refractivity contribution in [2.24, 2.45) is 0 Å². The van der Waals surface area contributed by atoms with E-state index in [-0.39, 0.29) is 11.6 Å². The Labute approximate surface area is 97.4 Å². The number of oxazole rings is 1. The number of aromatic nitrogens is 1. The minimum absolute atomic E-state index is 0.0549. The summed E-state index contributed by atoms with van der Waals surface area (Å²) in [7, 11) is 0. The molecular weight excluding hydrogens is 218 g/mol. The minimum atomic E-state index is 0.0549. The van der Waals surface area contributed by atoms with E-state index in [0.29, 0.717) is 12.5 Å². The summed E-state index contributed by atoms with van der Waals surface area (Å²) in [5, 5.41) is 8.76. The van der Waals surface area contributed by atoms with Gasteiger partial charge in [0.05, 0.1) is 6.61 Å². The van der Waals surface area contributed by atoms with Gasteiger partial charge >= 0.3 is 0 Å². The molecule has 17 heavy (non-hydrogen) atoms. The van der Waals surface area contributed by atoms with Gasteiger partial charge in [0.2, 0.25) is 17.5 Å². The summed E-state index contributed by atoms with van der Waals surface area (Å²) in [4.78, 5) is 4.03. The first-order valence-electron chi connectivity index (χ1n) is 5.20. The predicted octanol–water partition coefficient (Wildman–Crippen LogP) is 1.73. The van der Waals surface area contributed by atoms with Crippen molar-refractivity contribution in [1.82, 2.24) is 4.98 Å². The maximum atomic E-state index is 8.76. The minimum Gasteiger partial charge on any atom is -0.493 e. The Kier molecular flexibility index (Phi) is 2.02. The third-order valence-corrected chi connectivity index (χ3v) is 2.70. The van der Waals surface area contributed by atoms with Crippen molar-refractivity contribution in [3.8, 4) is 23.3 Å². The normalized spacial score (nSPS) is 12.9. The van der Waals surface area contributed by atoms with Gasteiger partial charge in [-0.3, -0.25) is 0 Å². The van der Waals surface area contributed by atoms with Crippen LogP contribution in [0.25, 0.3) is 11.5 Å². The number of nitrogens with two attached hydrogens (primary N) is 1. The van der Waals surface area contributed by atoms with Crippen LogP contribution in [0.3, 0.4) is 0 Å². The second-order valence-electron chi connectivity index (χ2n) is 3.76. The summed E-state index contributed by atoms with van der Waals surface area (Å²) in [5.74, 6) is 1.32. The lowest BCUT2D eigenvalue weighted by Gasteiger charge is -2.00. The van der Waals surface area contributed by atoms with E-state index >= 15 is 0 Å². The molecule has 0 radical (unpaired) electrons. The molecule has 84 valence electrons. The van der Waals surface area contributed by atoms with Gasteiger partial charge in [-0.1, -0.05) is 0 Å². The van der Waals surface area contributed by atoms with Crippen LogP contribution in [0.4, 0.5) is 5.88 Å². The second-order valence-corrected chi connectivity index (χ2v) is 3.76. The fourth-order valence-electron chi connectivity index (χ4n) is 1.86. The highest BCUT2D eigenvalue weighted by Gasteiger charge is 2.16. The number of benzene rings is 1. The lowest BCUT2D eigenvalue weighted by Crippen LogP contribution is -1.85. The Morgan fingerprint density at radius 2 is 2.29 bits per heavy atom. The highest BCUT2D eigenvalue weighted by molar-refractivity contribution is 5.61. The maximum absolute atomic E-state index is 8.76. The molecule has 0 amide bonds. The molecule has 2 heterocycles. The first-order valence-corrected chi connectivity index (χ1v) is 5.20. The van der Waals surface area contributed by atoms with Crippen LogP contribution < -0.4 is 10.5 Å². The fraction of sp³-hybridized carbons (Fsp3) is 0.167. The third kappa shape index (κ3) is 1.51. The Morgan fingerprint density at radius 3 is 3.06 bits per heavy atom. The molecule has 3 rings (SSSR count). The zero-order valence-electron chi connectivity index (χ0n) is 8.93. The average molecular weight is 227 g/mol. The number of ether oxygens (including phenoxy) is 1. The number of rotatable bonds is 1. The molecule has 0 unspecified atom stereocenters. The number of nitrogen functional groups attached to an aromatic ring is 1. The van der Waals surface area contributed by atoms with Gasteiger partial charge in [-0.15, -0.1) is 0 Å². The first kappa shape index (κ1) is 9.73. The largest absolute Gasteiger partial charge is 0.493 e. The molecule has 1 aromatic carbocycles. The van der Waals surface area contributed by atoms with E-state index in [1.807, 2.05) is 24.3 Å². The second kappa shape index (κ2) is 3.52. The van der Waals surface area contributed by atoms with Crippen LogP contribution in [0, 0.1) is 11.3 Å². The van der Waals surface area contributed by atoms with Crippen molar-refractivity contribution in [3.05, 3.63) is 29.5 Å². The van der Waals surface area contributed by atoms with Crippen molar-refractivity contribution in [2.75, 3.05) is 12.3 Å². The van der Waals surface area contributed by atoms with Crippen LogP contribution in [-0.2, 0) is 6.42 Å². The molecule has 0 spiro atoms. The molecule has 0 saturated heterocycles. The highest BCUT2D eigenvalue weighted by Crippen LogP contribution is 2.31. The number of hydrogen-bond donors (Lipinski definition) is 1. The molecule has 1 aromatic heterocycles. The van der Waals surface area contributed by atoms with Gasteiger partial charge < -0.3 is 14.9 Å². The van der Waals surface area contributed by atoms with Gasteiger partial charge in [-0.25, -0.2) is 0 Å². The lowest BCUT2D eigenvalue weighted by molar-refractivity contribution is 0.357. The number of nitriles is 1. The van der Waals surface area contributed by atoms with Crippen LogP contribution in [-0.4, -0.2) is 11.6 Å². The van der Waals surface area contributed by atoms with E-state index in [1.54, 1.807) is 0 Å². The average Bonchev–Trinajstić information content (AvgIpc) is 2.93. The molecule has 2 aromatic rings. The monoisotopic (exact) mass is 227 g/mol. The number of fused-ring (bicyclic) bond motifs is 1. The summed E-state index contributed by atoms with van der Waals surface area (Å²) in [5.41, 5.74) is 7.58. The molecule has 0 fully saturated rings. The van der Waals surface area contributed by atoms with Gasteiger partial charge in [0.1, 0.15) is 11.8 Å². The van der Waals surface area contributed by atoms with Crippen molar-refractivity contribution in [2.45, 2.75) is 6.42 Å². The Morgan fingerprint density at radius 1 is 1.41 bits per heavy atom. The molecule has 0 aliphatic carbocycles. The van der Waals surface area contributed by atoms with Crippen LogP contribution in [0.1, 0.15) is 11.3 Å². The zero-order valence-corrected chi connectivity index (χ0v) is 8.93. The predicted molar refractivity (Wildman–Crippen MR) is 60.3 cm³/mol. The van der Waals surface area contributed by atoms with E-state index in [2.05, 4.69) is 4.98 Å². The number of nitrogens with zero attached hydrogens (tertiary/aromatic N) is 2. The smallest absolute Gasteiger partial charge is 0.230 e. The summed E-state index contributed by atoms with van der Waals surface area (Å²) >= 11 is 0. The van der Waals surface area contributed by atoms with Crippen LogP contribution >= 0.6 is 0 Å². The molecule has 1 aliphatic heterocycles. The highest BCUT2D eigenvalue weighted by atomic mass is 16.5. The molecule has 0 atom stereocenters. The lowest BCUT2D eigenvalue weighted by atomic mass is 10.1. The standard InChI is InChI=1S/C12H9N3O2/c13-6-9-11(14)17-12(15-9)8-1-2-10-7(5-8)3-4-16-10/h1-2,5H,3-4,14H2. The van der Waals surface area contributed by atoms with E-state index in [4.69, 9.17) is 20.1 Å². The molecule has 1 aliphatic rings. The van der Waals surface area contributed by atoms with Crippen LogP contribution in [0.5, 0.6) is 5.75 Å². The quantitative estimate of drug-likeness (QED) is 0.801. The number of hydrogen-bond acceptors (Lipinski definition) is 5. The molecule has 5 nitrogen and oxygen atoms in total. The summed E-state index contributed by atoms with van der Waals surface area (Å²) in [6.45, 7) is 0.704. The number of anilines is 1. The van der Waals surface area contributed by atoms with Gasteiger partial charge in [-0.05, 0) is 23.8 Å². The third-order valence-electron chi connectivity index (χ3n) is 2.70. The van der Waals surface area contributed by atoms with Gasteiger partial charge in [0.15, 0.2) is 0 Å². The van der Waals surface area contributed by atoms with Gasteiger partial charge in [0.25, 0.3) is 0 Å². The molecule has 5 heteroatoms. The Balaban J connectivity index is 2.07. The summed E-state index contributed by atoms with van der Waals surface area (Å²) in [6, 6.07) is 7.56. The van der Waals surface area contributed by atoms with Crippen LogP contribution in [0.15, 0.2) is 22.6 Å². The van der Waals surface area contributed by atoms with E-state index < -0.39 is 0 Å².